The normalized spacial score (nSPS) is 16.7. The van der Waals surface area contributed by atoms with Crippen LogP contribution in [0.3, 0.4) is 0 Å². The van der Waals surface area contributed by atoms with Crippen LogP contribution < -0.4 is 5.32 Å². The Hall–Kier alpha value is -2.18. The number of hydrogen-bond acceptors (Lipinski definition) is 3. The van der Waals surface area contributed by atoms with E-state index in [4.69, 9.17) is 0 Å². The highest BCUT2D eigenvalue weighted by atomic mass is 32.2. The molecular formula is C22H28N2O3S. The number of rotatable bonds is 5. The van der Waals surface area contributed by atoms with E-state index in [1.165, 1.54) is 12.6 Å². The molecule has 3 rings (SSSR count). The summed E-state index contributed by atoms with van der Waals surface area (Å²) < 4.78 is 27.3. The second-order valence-electron chi connectivity index (χ2n) is 7.70. The molecule has 0 aromatic heterocycles. The Morgan fingerprint density at radius 3 is 2.46 bits per heavy atom. The SMILES string of the molecule is Cc1cc(C)c(S(=O)(=O)N(C)CC(=O)N[C@H]2CCCc3ccccc32)c(C)c1. The van der Waals surface area contributed by atoms with Gasteiger partial charge in [-0.05, 0) is 62.3 Å². The summed E-state index contributed by atoms with van der Waals surface area (Å²) in [4.78, 5) is 12.9. The summed E-state index contributed by atoms with van der Waals surface area (Å²) in [6, 6.07) is 11.8. The Balaban J connectivity index is 1.75. The molecular weight excluding hydrogens is 372 g/mol. The first kappa shape index (κ1) is 20.6. The molecule has 1 amide bonds. The molecule has 150 valence electrons. The highest BCUT2D eigenvalue weighted by Gasteiger charge is 2.28. The number of carbonyl (C=O) groups is 1. The molecule has 6 heteroatoms. The van der Waals surface area contributed by atoms with E-state index in [0.29, 0.717) is 11.1 Å². The van der Waals surface area contributed by atoms with Gasteiger partial charge in [0.2, 0.25) is 15.9 Å². The van der Waals surface area contributed by atoms with E-state index in [-0.39, 0.29) is 23.4 Å². The Kier molecular flexibility index (Phi) is 5.91. The Labute approximate surface area is 167 Å². The van der Waals surface area contributed by atoms with E-state index < -0.39 is 10.0 Å². The summed E-state index contributed by atoms with van der Waals surface area (Å²) in [5.74, 6) is -0.282. The van der Waals surface area contributed by atoms with Crippen molar-refractivity contribution in [3.63, 3.8) is 0 Å². The van der Waals surface area contributed by atoms with Crippen molar-refractivity contribution < 1.29 is 13.2 Å². The van der Waals surface area contributed by atoms with Crippen molar-refractivity contribution in [2.75, 3.05) is 13.6 Å². The van der Waals surface area contributed by atoms with Gasteiger partial charge in [-0.1, -0.05) is 42.0 Å². The second kappa shape index (κ2) is 8.05. The summed E-state index contributed by atoms with van der Waals surface area (Å²) in [6.45, 7) is 5.32. The molecule has 0 saturated heterocycles. The van der Waals surface area contributed by atoms with Gasteiger partial charge in [-0.15, -0.1) is 0 Å². The van der Waals surface area contributed by atoms with Crippen molar-refractivity contribution >= 4 is 15.9 Å². The molecule has 28 heavy (non-hydrogen) atoms. The number of aryl methyl sites for hydroxylation is 4. The van der Waals surface area contributed by atoms with E-state index in [1.807, 2.05) is 37.3 Å². The van der Waals surface area contributed by atoms with Gasteiger partial charge in [0.25, 0.3) is 0 Å². The summed E-state index contributed by atoms with van der Waals surface area (Å²) in [7, 11) is -2.28. The number of benzene rings is 2. The van der Waals surface area contributed by atoms with Crippen molar-refractivity contribution in [1.29, 1.82) is 0 Å². The fraction of sp³-hybridized carbons (Fsp3) is 0.409. The highest BCUT2D eigenvalue weighted by Crippen LogP contribution is 2.29. The van der Waals surface area contributed by atoms with Crippen LogP contribution in [-0.4, -0.2) is 32.2 Å². The molecule has 2 aromatic carbocycles. The van der Waals surface area contributed by atoms with Gasteiger partial charge in [0.15, 0.2) is 0 Å². The van der Waals surface area contributed by atoms with Gasteiger partial charge < -0.3 is 5.32 Å². The first-order valence-corrected chi connectivity index (χ1v) is 11.1. The van der Waals surface area contributed by atoms with E-state index >= 15 is 0 Å². The zero-order valence-corrected chi connectivity index (χ0v) is 17.8. The zero-order chi connectivity index (χ0) is 20.5. The van der Waals surface area contributed by atoms with Crippen LogP contribution in [0.5, 0.6) is 0 Å². The number of amides is 1. The molecule has 5 nitrogen and oxygen atoms in total. The van der Waals surface area contributed by atoms with Crippen LogP contribution in [0.4, 0.5) is 0 Å². The van der Waals surface area contributed by atoms with E-state index in [2.05, 4.69) is 11.4 Å². The lowest BCUT2D eigenvalue weighted by molar-refractivity contribution is -0.122. The van der Waals surface area contributed by atoms with Gasteiger partial charge >= 0.3 is 0 Å². The predicted octanol–water partition coefficient (Wildman–Crippen LogP) is 3.43. The van der Waals surface area contributed by atoms with Crippen LogP contribution in [0.2, 0.25) is 0 Å². The molecule has 1 N–H and O–H groups in total. The van der Waals surface area contributed by atoms with Crippen molar-refractivity contribution in [1.82, 2.24) is 9.62 Å². The lowest BCUT2D eigenvalue weighted by Crippen LogP contribution is -2.40. The number of nitrogens with one attached hydrogen (secondary N) is 1. The monoisotopic (exact) mass is 400 g/mol. The van der Waals surface area contributed by atoms with Crippen molar-refractivity contribution in [2.45, 2.75) is 51.0 Å². The third kappa shape index (κ3) is 4.13. The lowest BCUT2D eigenvalue weighted by Gasteiger charge is -2.27. The lowest BCUT2D eigenvalue weighted by atomic mass is 9.88. The van der Waals surface area contributed by atoms with Crippen LogP contribution in [-0.2, 0) is 21.2 Å². The maximum absolute atomic E-state index is 13.1. The number of hydrogen-bond donors (Lipinski definition) is 1. The van der Waals surface area contributed by atoms with E-state index in [1.54, 1.807) is 13.8 Å². The predicted molar refractivity (Wildman–Crippen MR) is 111 cm³/mol. The quantitative estimate of drug-likeness (QED) is 0.836. The molecule has 2 aromatic rings. The van der Waals surface area contributed by atoms with Gasteiger partial charge in [-0.3, -0.25) is 4.79 Å². The Bertz CT molecular complexity index is 976. The number of likely N-dealkylation sites (N-methyl/N-ethyl adjacent to an activating group) is 1. The smallest absolute Gasteiger partial charge is 0.243 e. The van der Waals surface area contributed by atoms with Crippen LogP contribution in [0.15, 0.2) is 41.3 Å². The number of fused-ring (bicyclic) bond motifs is 1. The van der Waals surface area contributed by atoms with Crippen molar-refractivity contribution in [3.8, 4) is 0 Å². The number of carbonyl (C=O) groups excluding carboxylic acids is 1. The molecule has 0 fully saturated rings. The first-order valence-electron chi connectivity index (χ1n) is 9.61. The molecule has 0 heterocycles. The van der Waals surface area contributed by atoms with Gasteiger partial charge in [0, 0.05) is 7.05 Å². The average molecular weight is 401 g/mol. The summed E-state index contributed by atoms with van der Waals surface area (Å²) >= 11 is 0. The molecule has 1 atom stereocenters. The highest BCUT2D eigenvalue weighted by molar-refractivity contribution is 7.89. The summed E-state index contributed by atoms with van der Waals surface area (Å²) in [5, 5.41) is 3.02. The van der Waals surface area contributed by atoms with Crippen LogP contribution in [0.1, 0.15) is 46.7 Å². The fourth-order valence-corrected chi connectivity index (χ4v) is 5.69. The summed E-state index contributed by atoms with van der Waals surface area (Å²) in [5.41, 5.74) is 4.81. The second-order valence-corrected chi connectivity index (χ2v) is 9.68. The molecule has 1 aliphatic carbocycles. The molecule has 0 saturated carbocycles. The third-order valence-corrected chi connectivity index (χ3v) is 7.45. The van der Waals surface area contributed by atoms with Crippen LogP contribution in [0, 0.1) is 20.8 Å². The molecule has 0 spiro atoms. The van der Waals surface area contributed by atoms with Crippen LogP contribution in [0.25, 0.3) is 0 Å². The number of sulfonamides is 1. The molecule has 1 aliphatic rings. The zero-order valence-electron chi connectivity index (χ0n) is 17.0. The largest absolute Gasteiger partial charge is 0.348 e. The molecule has 0 radical (unpaired) electrons. The first-order chi connectivity index (χ1) is 13.2. The molecule has 0 aliphatic heterocycles. The number of nitrogens with zero attached hydrogens (tertiary/aromatic N) is 1. The van der Waals surface area contributed by atoms with Gasteiger partial charge in [0.1, 0.15) is 0 Å². The maximum Gasteiger partial charge on any atom is 0.243 e. The van der Waals surface area contributed by atoms with Gasteiger partial charge in [-0.25, -0.2) is 8.42 Å². The van der Waals surface area contributed by atoms with Crippen molar-refractivity contribution in [3.05, 3.63) is 64.2 Å². The standard InChI is InChI=1S/C22H28N2O3S/c1-15-12-16(2)22(17(3)13-15)28(26,27)24(4)14-21(25)23-20-11-7-9-18-8-5-6-10-19(18)20/h5-6,8,10,12-13,20H,7,9,11,14H2,1-4H3,(H,23,25)/t20-/m0/s1. The topological polar surface area (TPSA) is 66.5 Å². The minimum atomic E-state index is -3.74. The van der Waals surface area contributed by atoms with E-state index in [0.717, 1.165) is 34.7 Å². The molecule has 0 bridgehead atoms. The van der Waals surface area contributed by atoms with Crippen LogP contribution >= 0.6 is 0 Å². The average Bonchev–Trinajstić information content (AvgIpc) is 2.60. The third-order valence-electron chi connectivity index (χ3n) is 5.34. The Morgan fingerprint density at radius 1 is 1.14 bits per heavy atom. The summed E-state index contributed by atoms with van der Waals surface area (Å²) in [6.07, 6.45) is 2.90. The van der Waals surface area contributed by atoms with Gasteiger partial charge in [0.05, 0.1) is 17.5 Å². The van der Waals surface area contributed by atoms with E-state index in [9.17, 15) is 13.2 Å². The van der Waals surface area contributed by atoms with Crippen molar-refractivity contribution in [2.24, 2.45) is 0 Å². The maximum atomic E-state index is 13.1. The molecule has 0 unspecified atom stereocenters. The Morgan fingerprint density at radius 2 is 1.79 bits per heavy atom. The minimum absolute atomic E-state index is 0.0589. The minimum Gasteiger partial charge on any atom is -0.348 e. The fourth-order valence-electron chi connectivity index (χ4n) is 4.16. The van der Waals surface area contributed by atoms with Gasteiger partial charge in [-0.2, -0.15) is 4.31 Å².